The fourth-order valence-corrected chi connectivity index (χ4v) is 6.19. The molecule has 44 heavy (non-hydrogen) atoms. The number of aromatic nitrogens is 4. The van der Waals surface area contributed by atoms with Gasteiger partial charge >= 0.3 is 0 Å². The van der Waals surface area contributed by atoms with Crippen LogP contribution < -0.4 is 20.1 Å². The van der Waals surface area contributed by atoms with Crippen LogP contribution in [-0.4, -0.2) is 47.7 Å². The number of sulfonamides is 1. The molecule has 11 nitrogen and oxygen atoms in total. The number of hydrogen-bond donors (Lipinski definition) is 3. The number of anilines is 2. The van der Waals surface area contributed by atoms with Crippen LogP contribution in [0.3, 0.4) is 0 Å². The van der Waals surface area contributed by atoms with Gasteiger partial charge in [-0.25, -0.2) is 27.8 Å². The van der Waals surface area contributed by atoms with Gasteiger partial charge in [-0.05, 0) is 69.1 Å². The van der Waals surface area contributed by atoms with E-state index in [1.165, 1.54) is 12.1 Å². The Morgan fingerprint density at radius 3 is 2.70 bits per heavy atom. The van der Waals surface area contributed by atoms with Crippen molar-refractivity contribution in [3.05, 3.63) is 83.8 Å². The predicted molar refractivity (Wildman–Crippen MR) is 168 cm³/mol. The smallest absolute Gasteiger partial charge is 0.238 e. The molecule has 1 aliphatic heterocycles. The van der Waals surface area contributed by atoms with Crippen LogP contribution in [0.4, 0.5) is 16.0 Å². The van der Waals surface area contributed by atoms with E-state index >= 15 is 4.39 Å². The highest BCUT2D eigenvalue weighted by atomic mass is 35.5. The number of halogens is 2. The van der Waals surface area contributed by atoms with Gasteiger partial charge in [0.1, 0.15) is 28.8 Å². The number of hydrogen-bond acceptors (Lipinski definition) is 10. The molecule has 0 spiro atoms. The molecule has 3 N–H and O–H groups in total. The van der Waals surface area contributed by atoms with Crippen molar-refractivity contribution >= 4 is 44.8 Å². The van der Waals surface area contributed by atoms with E-state index in [9.17, 15) is 8.42 Å². The molecule has 5 aromatic rings. The molecule has 230 valence electrons. The van der Waals surface area contributed by atoms with E-state index in [1.54, 1.807) is 49.6 Å². The third kappa shape index (κ3) is 6.90. The lowest BCUT2D eigenvalue weighted by atomic mass is 10.0. The lowest BCUT2D eigenvalue weighted by molar-refractivity contribution is 0.392. The summed E-state index contributed by atoms with van der Waals surface area (Å²) in [5, 5.41) is 11.3. The van der Waals surface area contributed by atoms with Crippen LogP contribution >= 0.6 is 12.4 Å². The SMILES string of the molecule is Cc1cc(CS(=O)(=O)Nc2c(F)ccc3c(Oc4ncccc4-c4ccnc(NC5CCCNC5)n4)c(C)ccc23)no1.Cl. The van der Waals surface area contributed by atoms with Gasteiger partial charge in [-0.1, -0.05) is 17.3 Å². The molecular weight excluding hydrogens is 609 g/mol. The summed E-state index contributed by atoms with van der Waals surface area (Å²) >= 11 is 0. The van der Waals surface area contributed by atoms with Gasteiger partial charge < -0.3 is 19.9 Å². The number of piperidine rings is 1. The zero-order valence-corrected chi connectivity index (χ0v) is 25.6. The average molecular weight is 640 g/mol. The zero-order chi connectivity index (χ0) is 30.0. The minimum absolute atomic E-state index is 0. The van der Waals surface area contributed by atoms with Crippen LogP contribution in [0.1, 0.15) is 29.9 Å². The summed E-state index contributed by atoms with van der Waals surface area (Å²) in [7, 11) is -4.02. The van der Waals surface area contributed by atoms with Gasteiger partial charge in [0.15, 0.2) is 0 Å². The Bertz CT molecular complexity index is 1900. The van der Waals surface area contributed by atoms with Crippen molar-refractivity contribution in [3.8, 4) is 22.9 Å². The molecule has 0 radical (unpaired) electrons. The van der Waals surface area contributed by atoms with Crippen molar-refractivity contribution in [2.75, 3.05) is 23.1 Å². The first kappa shape index (κ1) is 31.1. The van der Waals surface area contributed by atoms with Gasteiger partial charge in [-0.3, -0.25) is 4.72 Å². The Kier molecular flexibility index (Phi) is 9.28. The second-order valence-corrected chi connectivity index (χ2v) is 12.2. The molecule has 1 aliphatic rings. The summed E-state index contributed by atoms with van der Waals surface area (Å²) in [6.07, 6.45) is 5.40. The summed E-state index contributed by atoms with van der Waals surface area (Å²) in [6.45, 7) is 5.36. The van der Waals surface area contributed by atoms with Gasteiger partial charge in [0.25, 0.3) is 0 Å². The zero-order valence-electron chi connectivity index (χ0n) is 24.0. The molecule has 6 rings (SSSR count). The number of pyridine rings is 1. The highest BCUT2D eigenvalue weighted by Crippen LogP contribution is 2.39. The molecule has 4 heterocycles. The van der Waals surface area contributed by atoms with Crippen molar-refractivity contribution in [2.45, 2.75) is 38.5 Å². The second-order valence-electron chi connectivity index (χ2n) is 10.4. The van der Waals surface area contributed by atoms with Crippen LogP contribution in [-0.2, 0) is 15.8 Å². The van der Waals surface area contributed by atoms with E-state index in [0.29, 0.717) is 39.5 Å². The van der Waals surface area contributed by atoms with E-state index in [-0.39, 0.29) is 35.7 Å². The standard InChI is InChI=1S/C30H30FN7O4S.ClH/c1-18-7-8-22-23(9-10-25(31)27(22)38-43(39,40)17-21-15-19(2)42-37-21)28(18)41-29-24(6-4-13-33-29)26-11-14-34-30(36-26)35-20-5-3-12-32-16-20;/h4,6-11,13-15,20,32,38H,3,5,12,16-17H2,1-2H3,(H,34,35,36);1H. The monoisotopic (exact) mass is 639 g/mol. The predicted octanol–water partition coefficient (Wildman–Crippen LogP) is 5.76. The quantitative estimate of drug-likeness (QED) is 0.182. The van der Waals surface area contributed by atoms with E-state index < -0.39 is 21.6 Å². The van der Waals surface area contributed by atoms with E-state index in [1.807, 2.05) is 13.0 Å². The molecule has 14 heteroatoms. The normalized spacial score (nSPS) is 15.0. The number of nitrogens with zero attached hydrogens (tertiary/aromatic N) is 4. The topological polar surface area (TPSA) is 144 Å². The summed E-state index contributed by atoms with van der Waals surface area (Å²) in [4.78, 5) is 13.6. The lowest BCUT2D eigenvalue weighted by Crippen LogP contribution is -2.38. The fraction of sp³-hybridized carbons (Fsp3) is 0.267. The number of ether oxygens (including phenoxy) is 1. The molecule has 0 aliphatic carbocycles. The Morgan fingerprint density at radius 1 is 1.09 bits per heavy atom. The molecule has 0 saturated carbocycles. The number of aryl methyl sites for hydroxylation is 2. The highest BCUT2D eigenvalue weighted by molar-refractivity contribution is 7.91. The summed E-state index contributed by atoms with van der Waals surface area (Å²) in [6, 6.07) is 13.3. The van der Waals surface area contributed by atoms with Crippen molar-refractivity contribution in [2.24, 2.45) is 0 Å². The third-order valence-electron chi connectivity index (χ3n) is 7.10. The molecule has 2 aromatic carbocycles. The van der Waals surface area contributed by atoms with Crippen LogP contribution in [0.5, 0.6) is 11.6 Å². The summed E-state index contributed by atoms with van der Waals surface area (Å²) < 4.78 is 54.8. The molecule has 0 amide bonds. The van der Waals surface area contributed by atoms with Crippen LogP contribution in [0.25, 0.3) is 22.0 Å². The maximum Gasteiger partial charge on any atom is 0.238 e. The van der Waals surface area contributed by atoms with Gasteiger partial charge in [0.2, 0.25) is 21.9 Å². The Balaban J connectivity index is 0.00000384. The number of benzene rings is 2. The lowest BCUT2D eigenvalue weighted by Gasteiger charge is -2.23. The van der Waals surface area contributed by atoms with Crippen molar-refractivity contribution in [3.63, 3.8) is 0 Å². The van der Waals surface area contributed by atoms with Gasteiger partial charge in [0, 0.05) is 41.8 Å². The Hall–Kier alpha value is -4.33. The Morgan fingerprint density at radius 2 is 1.93 bits per heavy atom. The van der Waals surface area contributed by atoms with Crippen LogP contribution in [0.2, 0.25) is 0 Å². The molecule has 1 saturated heterocycles. The summed E-state index contributed by atoms with van der Waals surface area (Å²) in [5.41, 5.74) is 2.03. The van der Waals surface area contributed by atoms with E-state index in [2.05, 4.69) is 30.5 Å². The fourth-order valence-electron chi connectivity index (χ4n) is 5.07. The second kappa shape index (κ2) is 13.1. The largest absolute Gasteiger partial charge is 0.437 e. The molecule has 1 atom stereocenters. The van der Waals surface area contributed by atoms with Crippen LogP contribution in [0, 0.1) is 19.7 Å². The van der Waals surface area contributed by atoms with Gasteiger partial charge in [0.05, 0.1) is 16.9 Å². The highest BCUT2D eigenvalue weighted by Gasteiger charge is 2.22. The molecule has 1 fully saturated rings. The molecule has 3 aromatic heterocycles. The van der Waals surface area contributed by atoms with Crippen molar-refractivity contribution in [1.82, 2.24) is 25.4 Å². The van der Waals surface area contributed by atoms with E-state index in [4.69, 9.17) is 14.2 Å². The first-order valence-corrected chi connectivity index (χ1v) is 15.5. The van der Waals surface area contributed by atoms with Crippen molar-refractivity contribution in [1.29, 1.82) is 0 Å². The average Bonchev–Trinajstić information content (AvgIpc) is 3.40. The van der Waals surface area contributed by atoms with Crippen molar-refractivity contribution < 1.29 is 22.1 Å². The molecular formula is C30H31ClFN7O4S. The van der Waals surface area contributed by atoms with E-state index in [0.717, 1.165) is 31.5 Å². The molecule has 1 unspecified atom stereocenters. The third-order valence-corrected chi connectivity index (χ3v) is 8.29. The Labute approximate surface area is 260 Å². The number of rotatable bonds is 9. The maximum atomic E-state index is 15.1. The first-order chi connectivity index (χ1) is 20.8. The number of fused-ring (bicyclic) bond motifs is 1. The van der Waals surface area contributed by atoms with Gasteiger partial charge in [-0.2, -0.15) is 0 Å². The van der Waals surface area contributed by atoms with Gasteiger partial charge in [-0.15, -0.1) is 12.4 Å². The number of nitrogens with one attached hydrogen (secondary N) is 3. The molecule has 0 bridgehead atoms. The minimum Gasteiger partial charge on any atom is -0.437 e. The first-order valence-electron chi connectivity index (χ1n) is 13.8. The van der Waals surface area contributed by atoms with Crippen LogP contribution in [0.15, 0.2) is 65.4 Å². The summed E-state index contributed by atoms with van der Waals surface area (Å²) in [5.74, 6) is 0.481. The maximum absolute atomic E-state index is 15.1. The minimum atomic E-state index is -4.02.